The normalized spacial score (nSPS) is 21.0. The van der Waals surface area contributed by atoms with Crippen LogP contribution in [0.2, 0.25) is 0 Å². The van der Waals surface area contributed by atoms with Crippen molar-refractivity contribution in [3.8, 4) is 0 Å². The number of hydrogen-bond acceptors (Lipinski definition) is 2. The highest BCUT2D eigenvalue weighted by molar-refractivity contribution is 9.10. The number of nitrogens with one attached hydrogen (secondary N) is 1. The van der Waals surface area contributed by atoms with Gasteiger partial charge < -0.3 is 10.2 Å². The van der Waals surface area contributed by atoms with E-state index in [1.54, 1.807) is 12.1 Å². The van der Waals surface area contributed by atoms with E-state index in [1.807, 2.05) is 13.1 Å². The lowest BCUT2D eigenvalue weighted by Gasteiger charge is -2.18. The molecule has 2 rings (SSSR count). The summed E-state index contributed by atoms with van der Waals surface area (Å²) < 4.78 is 13.8. The lowest BCUT2D eigenvalue weighted by Crippen LogP contribution is -2.29. The maximum atomic E-state index is 13.3. The molecule has 1 heterocycles. The van der Waals surface area contributed by atoms with Crippen molar-refractivity contribution in [2.75, 3.05) is 25.0 Å². The summed E-state index contributed by atoms with van der Waals surface area (Å²) in [6.07, 6.45) is 1.12. The Morgan fingerprint density at radius 2 is 2.33 bits per heavy atom. The molecule has 0 saturated carbocycles. The minimum atomic E-state index is -0.194. The number of anilines is 1. The van der Waals surface area contributed by atoms with E-state index in [9.17, 15) is 4.39 Å². The van der Waals surface area contributed by atoms with Crippen LogP contribution in [0.15, 0.2) is 22.7 Å². The zero-order valence-electron chi connectivity index (χ0n) is 8.63. The van der Waals surface area contributed by atoms with Gasteiger partial charge in [0, 0.05) is 24.8 Å². The molecular formula is C11H14BrFN2. The van der Waals surface area contributed by atoms with Gasteiger partial charge in [-0.1, -0.05) is 0 Å². The molecule has 0 bridgehead atoms. The predicted molar refractivity (Wildman–Crippen MR) is 63.8 cm³/mol. The third-order valence-electron chi connectivity index (χ3n) is 2.86. The Bertz CT molecular complexity index is 356. The molecule has 1 saturated heterocycles. The van der Waals surface area contributed by atoms with Gasteiger partial charge in [0.05, 0.1) is 4.47 Å². The van der Waals surface area contributed by atoms with Gasteiger partial charge in [0.25, 0.3) is 0 Å². The van der Waals surface area contributed by atoms with E-state index in [1.165, 1.54) is 0 Å². The smallest absolute Gasteiger partial charge is 0.139 e. The van der Waals surface area contributed by atoms with E-state index in [0.29, 0.717) is 10.5 Å². The largest absolute Gasteiger partial charge is 0.370 e. The van der Waals surface area contributed by atoms with Crippen LogP contribution in [0.5, 0.6) is 0 Å². The van der Waals surface area contributed by atoms with E-state index in [2.05, 4.69) is 26.1 Å². The number of benzene rings is 1. The fourth-order valence-electron chi connectivity index (χ4n) is 1.91. The third-order valence-corrected chi connectivity index (χ3v) is 3.51. The first kappa shape index (κ1) is 10.9. The SMILES string of the molecule is CNC1CCN(c2ccc(Br)c(F)c2)C1. The molecule has 1 atom stereocenters. The van der Waals surface area contributed by atoms with E-state index in [4.69, 9.17) is 0 Å². The number of nitrogens with zero attached hydrogens (tertiary/aromatic N) is 1. The maximum absolute atomic E-state index is 13.3. The van der Waals surface area contributed by atoms with E-state index >= 15 is 0 Å². The summed E-state index contributed by atoms with van der Waals surface area (Å²) >= 11 is 3.16. The van der Waals surface area contributed by atoms with Crippen LogP contribution in [0.3, 0.4) is 0 Å². The lowest BCUT2D eigenvalue weighted by molar-refractivity contribution is 0.614. The van der Waals surface area contributed by atoms with Gasteiger partial charge in [-0.3, -0.25) is 0 Å². The summed E-state index contributed by atoms with van der Waals surface area (Å²) in [5.41, 5.74) is 0.966. The quantitative estimate of drug-likeness (QED) is 0.890. The molecule has 0 aromatic heterocycles. The Hall–Kier alpha value is -0.610. The highest BCUT2D eigenvalue weighted by Gasteiger charge is 2.21. The van der Waals surface area contributed by atoms with Gasteiger partial charge in [0.2, 0.25) is 0 Å². The topological polar surface area (TPSA) is 15.3 Å². The Kier molecular flexibility index (Phi) is 3.26. The van der Waals surface area contributed by atoms with E-state index < -0.39 is 0 Å². The Labute approximate surface area is 97.6 Å². The van der Waals surface area contributed by atoms with Crippen LogP contribution in [0.25, 0.3) is 0 Å². The second-order valence-electron chi connectivity index (χ2n) is 3.82. The van der Waals surface area contributed by atoms with Gasteiger partial charge in [0.1, 0.15) is 5.82 Å². The van der Waals surface area contributed by atoms with Crippen molar-refractivity contribution in [3.05, 3.63) is 28.5 Å². The lowest BCUT2D eigenvalue weighted by atomic mass is 10.3. The molecule has 1 unspecified atom stereocenters. The van der Waals surface area contributed by atoms with Gasteiger partial charge >= 0.3 is 0 Å². The molecular weight excluding hydrogens is 259 g/mol. The monoisotopic (exact) mass is 272 g/mol. The summed E-state index contributed by atoms with van der Waals surface area (Å²) in [5.74, 6) is -0.194. The molecule has 1 N–H and O–H groups in total. The van der Waals surface area contributed by atoms with Crippen molar-refractivity contribution in [1.82, 2.24) is 5.32 Å². The van der Waals surface area contributed by atoms with Crippen molar-refractivity contribution in [2.45, 2.75) is 12.5 Å². The van der Waals surface area contributed by atoms with Crippen LogP contribution in [-0.4, -0.2) is 26.2 Å². The van der Waals surface area contributed by atoms with Crippen LogP contribution < -0.4 is 10.2 Å². The van der Waals surface area contributed by atoms with Gasteiger partial charge in [-0.15, -0.1) is 0 Å². The minimum absolute atomic E-state index is 0.194. The summed E-state index contributed by atoms with van der Waals surface area (Å²) in [6.45, 7) is 1.95. The van der Waals surface area contributed by atoms with Crippen LogP contribution in [0.1, 0.15) is 6.42 Å². The van der Waals surface area contributed by atoms with Crippen LogP contribution in [0, 0.1) is 5.82 Å². The molecule has 0 radical (unpaired) electrons. The average Bonchev–Trinajstić information content (AvgIpc) is 2.70. The second kappa shape index (κ2) is 4.49. The molecule has 1 aromatic carbocycles. The number of likely N-dealkylation sites (N-methyl/N-ethyl adjacent to an activating group) is 1. The molecule has 1 aromatic rings. The van der Waals surface area contributed by atoms with E-state index in [-0.39, 0.29) is 5.82 Å². The zero-order valence-corrected chi connectivity index (χ0v) is 10.2. The molecule has 0 amide bonds. The molecule has 15 heavy (non-hydrogen) atoms. The maximum Gasteiger partial charge on any atom is 0.139 e. The molecule has 0 spiro atoms. The fraction of sp³-hybridized carbons (Fsp3) is 0.455. The van der Waals surface area contributed by atoms with Crippen molar-refractivity contribution in [1.29, 1.82) is 0 Å². The number of halogens is 2. The summed E-state index contributed by atoms with van der Waals surface area (Å²) in [7, 11) is 1.97. The highest BCUT2D eigenvalue weighted by Crippen LogP contribution is 2.25. The van der Waals surface area contributed by atoms with E-state index in [0.717, 1.165) is 25.2 Å². The number of rotatable bonds is 2. The first-order chi connectivity index (χ1) is 7.20. The first-order valence-corrected chi connectivity index (χ1v) is 5.87. The van der Waals surface area contributed by atoms with Gasteiger partial charge in [-0.2, -0.15) is 0 Å². The Balaban J connectivity index is 2.13. The Morgan fingerprint density at radius 3 is 2.93 bits per heavy atom. The number of hydrogen-bond donors (Lipinski definition) is 1. The van der Waals surface area contributed by atoms with Gasteiger partial charge in [-0.25, -0.2) is 4.39 Å². The molecule has 1 aliphatic heterocycles. The molecule has 2 nitrogen and oxygen atoms in total. The molecule has 4 heteroatoms. The van der Waals surface area contributed by atoms with Crippen LogP contribution in [0.4, 0.5) is 10.1 Å². The molecule has 0 aliphatic carbocycles. The molecule has 1 fully saturated rings. The second-order valence-corrected chi connectivity index (χ2v) is 4.67. The highest BCUT2D eigenvalue weighted by atomic mass is 79.9. The summed E-state index contributed by atoms with van der Waals surface area (Å²) in [4.78, 5) is 2.21. The van der Waals surface area contributed by atoms with Crippen LogP contribution >= 0.6 is 15.9 Å². The van der Waals surface area contributed by atoms with Crippen molar-refractivity contribution in [2.24, 2.45) is 0 Å². The van der Waals surface area contributed by atoms with Crippen LogP contribution in [-0.2, 0) is 0 Å². The van der Waals surface area contributed by atoms with Crippen molar-refractivity contribution >= 4 is 21.6 Å². The summed E-state index contributed by atoms with van der Waals surface area (Å²) in [5, 5.41) is 3.24. The predicted octanol–water partition coefficient (Wildman–Crippen LogP) is 2.39. The molecule has 1 aliphatic rings. The molecule has 82 valence electrons. The summed E-state index contributed by atoms with van der Waals surface area (Å²) in [6, 6.07) is 5.82. The average molecular weight is 273 g/mol. The zero-order chi connectivity index (χ0) is 10.8. The van der Waals surface area contributed by atoms with Crippen molar-refractivity contribution < 1.29 is 4.39 Å². The van der Waals surface area contributed by atoms with Gasteiger partial charge in [0.15, 0.2) is 0 Å². The first-order valence-electron chi connectivity index (χ1n) is 5.08. The van der Waals surface area contributed by atoms with Gasteiger partial charge in [-0.05, 0) is 47.6 Å². The Morgan fingerprint density at radius 1 is 1.53 bits per heavy atom. The fourth-order valence-corrected chi connectivity index (χ4v) is 2.16. The standard InChI is InChI=1S/C11H14BrFN2/c1-14-8-4-5-15(7-8)9-2-3-10(12)11(13)6-9/h2-3,6,8,14H,4-5,7H2,1H3. The van der Waals surface area contributed by atoms with Crippen molar-refractivity contribution in [3.63, 3.8) is 0 Å². The third kappa shape index (κ3) is 2.32. The minimum Gasteiger partial charge on any atom is -0.370 e.